The molecule has 0 aromatic heterocycles. The van der Waals surface area contributed by atoms with E-state index in [1.165, 1.54) is 12.1 Å². The predicted molar refractivity (Wildman–Crippen MR) is 186 cm³/mol. The second kappa shape index (κ2) is 19.4. The van der Waals surface area contributed by atoms with Gasteiger partial charge in [0.15, 0.2) is 0 Å². The molecule has 0 aliphatic carbocycles. The summed E-state index contributed by atoms with van der Waals surface area (Å²) in [4.78, 5) is 50.5. The highest BCUT2D eigenvalue weighted by molar-refractivity contribution is 6.04. The molecule has 0 fully saturated rings. The van der Waals surface area contributed by atoms with Crippen LogP contribution in [0.3, 0.4) is 0 Å². The molecule has 0 bridgehead atoms. The van der Waals surface area contributed by atoms with Gasteiger partial charge in [0.25, 0.3) is 0 Å². The molecule has 48 heavy (non-hydrogen) atoms. The number of carbonyl (C=O) groups excluding carboxylic acids is 2. The molecule has 0 spiro atoms. The lowest BCUT2D eigenvalue weighted by Gasteiger charge is -2.17. The van der Waals surface area contributed by atoms with Crippen molar-refractivity contribution < 1.29 is 38.9 Å². The van der Waals surface area contributed by atoms with Crippen LogP contribution in [-0.2, 0) is 35.5 Å². The smallest absolute Gasteiger partial charge is 0.339 e. The second-order valence-corrected chi connectivity index (χ2v) is 12.5. The van der Waals surface area contributed by atoms with Gasteiger partial charge in [-0.1, -0.05) is 128 Å². The summed E-state index contributed by atoms with van der Waals surface area (Å²) in [6.07, 6.45) is 9.33. The maximum atomic E-state index is 13.0. The van der Waals surface area contributed by atoms with Crippen molar-refractivity contribution in [3.8, 4) is 0 Å². The summed E-state index contributed by atoms with van der Waals surface area (Å²) in [6, 6.07) is 16.8. The fourth-order valence-corrected chi connectivity index (χ4v) is 6.08. The fraction of sp³-hybridized carbons (Fsp3) is 0.450. The van der Waals surface area contributed by atoms with Crippen LogP contribution >= 0.6 is 0 Å². The van der Waals surface area contributed by atoms with Gasteiger partial charge in [-0.2, -0.15) is 0 Å². The number of carbonyl (C=O) groups is 4. The van der Waals surface area contributed by atoms with Gasteiger partial charge in [-0.05, 0) is 59.1 Å². The van der Waals surface area contributed by atoms with Crippen molar-refractivity contribution >= 4 is 23.9 Å². The molecule has 0 amide bonds. The van der Waals surface area contributed by atoms with Crippen LogP contribution in [0.2, 0.25) is 0 Å². The van der Waals surface area contributed by atoms with Crippen molar-refractivity contribution in [2.45, 2.75) is 105 Å². The largest absolute Gasteiger partial charge is 0.478 e. The Balaban J connectivity index is 1.64. The summed E-state index contributed by atoms with van der Waals surface area (Å²) in [5.41, 5.74) is 2.67. The zero-order valence-electron chi connectivity index (χ0n) is 28.8. The van der Waals surface area contributed by atoms with E-state index < -0.39 is 23.9 Å². The molecule has 0 radical (unpaired) electrons. The van der Waals surface area contributed by atoms with E-state index in [4.69, 9.17) is 9.47 Å². The molecular weight excluding hydrogens is 608 g/mol. The van der Waals surface area contributed by atoms with Gasteiger partial charge >= 0.3 is 23.9 Å². The van der Waals surface area contributed by atoms with Gasteiger partial charge in [0.2, 0.25) is 0 Å². The monoisotopic (exact) mass is 658 g/mol. The van der Waals surface area contributed by atoms with Crippen molar-refractivity contribution in [2.75, 3.05) is 0 Å². The quantitative estimate of drug-likeness (QED) is 0.115. The van der Waals surface area contributed by atoms with Crippen LogP contribution in [0, 0.1) is 11.8 Å². The Labute approximate surface area is 284 Å². The van der Waals surface area contributed by atoms with E-state index in [2.05, 4.69) is 27.7 Å². The average Bonchev–Trinajstić information content (AvgIpc) is 3.09. The van der Waals surface area contributed by atoms with Crippen molar-refractivity contribution in [1.29, 1.82) is 0 Å². The van der Waals surface area contributed by atoms with Crippen LogP contribution in [0.25, 0.3) is 0 Å². The first-order valence-electron chi connectivity index (χ1n) is 17.3. The Morgan fingerprint density at radius 1 is 0.583 bits per heavy atom. The zero-order chi connectivity index (χ0) is 35.1. The summed E-state index contributed by atoms with van der Waals surface area (Å²) in [5, 5.41) is 20.0. The summed E-state index contributed by atoms with van der Waals surface area (Å²) < 4.78 is 11.0. The van der Waals surface area contributed by atoms with Crippen LogP contribution in [0.15, 0.2) is 60.7 Å². The second-order valence-electron chi connectivity index (χ2n) is 12.5. The summed E-state index contributed by atoms with van der Waals surface area (Å²) in [7, 11) is 0. The number of unbranched alkanes of at least 4 members (excludes halogenated alkanes) is 2. The molecule has 3 aromatic rings. The van der Waals surface area contributed by atoms with Crippen molar-refractivity contribution in [3.63, 3.8) is 0 Å². The lowest BCUT2D eigenvalue weighted by Crippen LogP contribution is -2.16. The fourth-order valence-electron chi connectivity index (χ4n) is 6.08. The van der Waals surface area contributed by atoms with E-state index in [0.29, 0.717) is 46.9 Å². The van der Waals surface area contributed by atoms with Gasteiger partial charge in [0.05, 0.1) is 22.3 Å². The molecule has 8 nitrogen and oxygen atoms in total. The van der Waals surface area contributed by atoms with Crippen molar-refractivity contribution in [1.82, 2.24) is 0 Å². The Kier molecular flexibility index (Phi) is 15.3. The number of carboxylic acid groups (broad SMARTS) is 2. The predicted octanol–water partition coefficient (Wildman–Crippen LogP) is 9.31. The van der Waals surface area contributed by atoms with Crippen LogP contribution in [0.5, 0.6) is 0 Å². The number of carboxylic acids is 2. The molecule has 2 atom stereocenters. The van der Waals surface area contributed by atoms with E-state index in [1.54, 1.807) is 48.5 Å². The van der Waals surface area contributed by atoms with Gasteiger partial charge in [-0.15, -0.1) is 0 Å². The minimum atomic E-state index is -1.15. The molecule has 0 aliphatic rings. The molecule has 0 saturated carbocycles. The SMILES string of the molecule is CCCCC(CC)Cc1cccc(C(=O)OCc2ccc(COC(=O)c3cccc(CC(CC)CCCC)c3C(=O)O)cc2)c1C(=O)O. The Hall–Kier alpha value is -4.46. The summed E-state index contributed by atoms with van der Waals surface area (Å²) >= 11 is 0. The first kappa shape index (κ1) is 38.0. The van der Waals surface area contributed by atoms with Gasteiger partial charge in [-0.3, -0.25) is 0 Å². The van der Waals surface area contributed by atoms with Crippen molar-refractivity contribution in [2.24, 2.45) is 11.8 Å². The van der Waals surface area contributed by atoms with Gasteiger partial charge < -0.3 is 19.7 Å². The number of ether oxygens (including phenoxy) is 2. The number of esters is 2. The first-order valence-corrected chi connectivity index (χ1v) is 17.3. The molecule has 0 heterocycles. The van der Waals surface area contributed by atoms with E-state index in [1.807, 2.05) is 0 Å². The Morgan fingerprint density at radius 3 is 1.27 bits per heavy atom. The molecule has 2 unspecified atom stereocenters. The van der Waals surface area contributed by atoms with E-state index >= 15 is 0 Å². The standard InChI is InChI=1S/C40H50O8/c1-5-9-13-27(7-3)23-31-15-11-17-33(35(31)37(41)42)39(45)47-25-29-19-21-30(22-20-29)26-48-40(46)34-18-12-16-32(36(34)38(43)44)24-28(8-4)14-10-6-2/h11-12,15-22,27-28H,5-10,13-14,23-26H2,1-4H3,(H,41,42)(H,43,44). The van der Waals surface area contributed by atoms with Crippen LogP contribution in [-0.4, -0.2) is 34.1 Å². The van der Waals surface area contributed by atoms with Gasteiger partial charge in [0, 0.05) is 0 Å². The molecule has 0 saturated heterocycles. The maximum Gasteiger partial charge on any atom is 0.339 e. The lowest BCUT2D eigenvalue weighted by molar-refractivity contribution is 0.0454. The minimum absolute atomic E-state index is 0.00659. The highest BCUT2D eigenvalue weighted by Gasteiger charge is 2.24. The van der Waals surface area contributed by atoms with Gasteiger partial charge in [0.1, 0.15) is 13.2 Å². The third kappa shape index (κ3) is 10.8. The Morgan fingerprint density at radius 2 is 0.958 bits per heavy atom. The van der Waals surface area contributed by atoms with Crippen LogP contribution in [0.1, 0.15) is 143 Å². The van der Waals surface area contributed by atoms with E-state index in [-0.39, 0.29) is 35.5 Å². The molecule has 258 valence electrons. The summed E-state index contributed by atoms with van der Waals surface area (Å²) in [6.45, 7) is 8.32. The number of rotatable bonds is 20. The third-order valence-electron chi connectivity index (χ3n) is 9.04. The number of aromatic carboxylic acids is 2. The van der Waals surface area contributed by atoms with E-state index in [9.17, 15) is 29.4 Å². The first-order chi connectivity index (χ1) is 23.1. The van der Waals surface area contributed by atoms with Crippen molar-refractivity contribution in [3.05, 3.63) is 105 Å². The van der Waals surface area contributed by atoms with E-state index in [0.717, 1.165) is 51.4 Å². The lowest BCUT2D eigenvalue weighted by atomic mass is 9.88. The molecule has 3 aromatic carbocycles. The highest BCUT2D eigenvalue weighted by Crippen LogP contribution is 2.26. The normalized spacial score (nSPS) is 12.2. The number of benzene rings is 3. The Bertz CT molecular complexity index is 1410. The zero-order valence-corrected chi connectivity index (χ0v) is 28.8. The van der Waals surface area contributed by atoms with Crippen LogP contribution in [0.4, 0.5) is 0 Å². The van der Waals surface area contributed by atoms with Gasteiger partial charge in [-0.25, -0.2) is 19.2 Å². The molecule has 8 heteroatoms. The highest BCUT2D eigenvalue weighted by atomic mass is 16.5. The number of hydrogen-bond acceptors (Lipinski definition) is 6. The molecular formula is C40H50O8. The average molecular weight is 659 g/mol. The van der Waals surface area contributed by atoms with Crippen LogP contribution < -0.4 is 0 Å². The minimum Gasteiger partial charge on any atom is -0.478 e. The third-order valence-corrected chi connectivity index (χ3v) is 9.04. The molecule has 2 N–H and O–H groups in total. The molecule has 3 rings (SSSR count). The summed E-state index contributed by atoms with van der Waals surface area (Å²) in [5.74, 6) is -3.04. The molecule has 0 aliphatic heterocycles. The maximum absolute atomic E-state index is 13.0. The number of hydrogen-bond donors (Lipinski definition) is 2. The topological polar surface area (TPSA) is 127 Å².